The highest BCUT2D eigenvalue weighted by molar-refractivity contribution is 5.72. The average molecular weight is 245 g/mol. The number of nitrogens with zero attached hydrogens (tertiary/aromatic N) is 3. The lowest BCUT2D eigenvalue weighted by Gasteiger charge is -2.06. The van der Waals surface area contributed by atoms with Gasteiger partial charge >= 0.3 is 0 Å². The van der Waals surface area contributed by atoms with Gasteiger partial charge in [-0.1, -0.05) is 12.1 Å². The minimum atomic E-state index is -0.452. The van der Waals surface area contributed by atoms with E-state index in [1.54, 1.807) is 24.3 Å². The Morgan fingerprint density at radius 3 is 2.78 bits per heavy atom. The van der Waals surface area contributed by atoms with Crippen molar-refractivity contribution in [3.63, 3.8) is 0 Å². The molecule has 0 spiro atoms. The van der Waals surface area contributed by atoms with Crippen LogP contribution in [0.15, 0.2) is 36.5 Å². The van der Waals surface area contributed by atoms with Crippen LogP contribution in [-0.4, -0.2) is 26.8 Å². The van der Waals surface area contributed by atoms with Crippen LogP contribution in [-0.2, 0) is 6.42 Å². The fraction of sp³-hybridized carbons (Fsp3) is 0.167. The quantitative estimate of drug-likeness (QED) is 0.652. The summed E-state index contributed by atoms with van der Waals surface area (Å²) in [6.45, 7) is -0.0423. The van der Waals surface area contributed by atoms with Gasteiger partial charge in [-0.2, -0.15) is 5.10 Å². The molecule has 1 N–H and O–H groups in total. The Kier molecular flexibility index (Phi) is 3.59. The highest BCUT2D eigenvalue weighted by atomic mass is 16.6. The Balaban J connectivity index is 2.58. The number of nitro benzene ring substituents is 1. The lowest BCUT2D eigenvalue weighted by atomic mass is 10.0. The monoisotopic (exact) mass is 245 g/mol. The number of benzene rings is 1. The number of para-hydroxylation sites is 1. The van der Waals surface area contributed by atoms with E-state index in [4.69, 9.17) is 5.11 Å². The summed E-state index contributed by atoms with van der Waals surface area (Å²) in [4.78, 5) is 10.5. The smallest absolute Gasteiger partial charge is 0.278 e. The predicted molar refractivity (Wildman–Crippen MR) is 64.9 cm³/mol. The second kappa shape index (κ2) is 5.33. The van der Waals surface area contributed by atoms with Crippen molar-refractivity contribution in [1.82, 2.24) is 10.2 Å². The molecule has 18 heavy (non-hydrogen) atoms. The van der Waals surface area contributed by atoms with Gasteiger partial charge in [0, 0.05) is 18.9 Å². The zero-order valence-corrected chi connectivity index (χ0v) is 9.48. The molecule has 0 unspecified atom stereocenters. The van der Waals surface area contributed by atoms with Crippen molar-refractivity contribution in [1.29, 1.82) is 0 Å². The zero-order valence-electron chi connectivity index (χ0n) is 9.48. The SMILES string of the molecule is O=[N+]([O-])c1ccccc1-c1nnccc1CCO. The highest BCUT2D eigenvalue weighted by Crippen LogP contribution is 2.29. The van der Waals surface area contributed by atoms with Crippen molar-refractivity contribution >= 4 is 5.69 Å². The molecule has 1 heterocycles. The minimum absolute atomic E-state index is 0.0165. The molecule has 92 valence electrons. The van der Waals surface area contributed by atoms with Crippen LogP contribution in [0.1, 0.15) is 5.56 Å². The van der Waals surface area contributed by atoms with Gasteiger partial charge in [0.25, 0.3) is 5.69 Å². The third kappa shape index (κ3) is 2.33. The largest absolute Gasteiger partial charge is 0.396 e. The molecule has 6 heteroatoms. The maximum atomic E-state index is 11.0. The van der Waals surface area contributed by atoms with Gasteiger partial charge in [-0.3, -0.25) is 10.1 Å². The summed E-state index contributed by atoms with van der Waals surface area (Å²) in [6, 6.07) is 8.06. The molecule has 0 bridgehead atoms. The van der Waals surface area contributed by atoms with E-state index in [0.717, 1.165) is 5.56 Å². The first-order valence-electron chi connectivity index (χ1n) is 5.39. The topological polar surface area (TPSA) is 89.2 Å². The number of nitro groups is 1. The van der Waals surface area contributed by atoms with Gasteiger partial charge in [0.15, 0.2) is 0 Å². The molecule has 0 aliphatic rings. The van der Waals surface area contributed by atoms with E-state index in [0.29, 0.717) is 17.7 Å². The minimum Gasteiger partial charge on any atom is -0.396 e. The highest BCUT2D eigenvalue weighted by Gasteiger charge is 2.18. The van der Waals surface area contributed by atoms with Crippen molar-refractivity contribution < 1.29 is 10.0 Å². The molecule has 0 saturated heterocycles. The molecule has 0 fully saturated rings. The molecule has 0 atom stereocenters. The van der Waals surface area contributed by atoms with Crippen LogP contribution in [0.3, 0.4) is 0 Å². The molecule has 0 saturated carbocycles. The fourth-order valence-electron chi connectivity index (χ4n) is 1.74. The molecule has 0 radical (unpaired) electrons. The predicted octanol–water partition coefficient (Wildman–Crippen LogP) is 1.59. The van der Waals surface area contributed by atoms with Gasteiger partial charge < -0.3 is 5.11 Å². The maximum Gasteiger partial charge on any atom is 0.278 e. The van der Waals surface area contributed by atoms with Crippen molar-refractivity contribution in [2.24, 2.45) is 0 Å². The molecule has 2 rings (SSSR count). The van der Waals surface area contributed by atoms with Crippen LogP contribution in [0.25, 0.3) is 11.3 Å². The molecular weight excluding hydrogens is 234 g/mol. The van der Waals surface area contributed by atoms with Crippen LogP contribution in [0.5, 0.6) is 0 Å². The lowest BCUT2D eigenvalue weighted by Crippen LogP contribution is -2.00. The second-order valence-electron chi connectivity index (χ2n) is 3.65. The summed E-state index contributed by atoms with van der Waals surface area (Å²) in [5.41, 5.74) is 1.58. The van der Waals surface area contributed by atoms with E-state index in [-0.39, 0.29) is 12.3 Å². The summed E-state index contributed by atoms with van der Waals surface area (Å²) in [5.74, 6) is 0. The summed E-state index contributed by atoms with van der Waals surface area (Å²) >= 11 is 0. The Morgan fingerprint density at radius 1 is 1.28 bits per heavy atom. The number of hydrogen-bond donors (Lipinski definition) is 1. The molecule has 0 amide bonds. The van der Waals surface area contributed by atoms with Crippen LogP contribution in [0, 0.1) is 10.1 Å². The molecule has 1 aromatic carbocycles. The number of aliphatic hydroxyl groups is 1. The van der Waals surface area contributed by atoms with Crippen molar-refractivity contribution in [2.45, 2.75) is 6.42 Å². The van der Waals surface area contributed by atoms with Crippen LogP contribution < -0.4 is 0 Å². The fourth-order valence-corrected chi connectivity index (χ4v) is 1.74. The van der Waals surface area contributed by atoms with Crippen molar-refractivity contribution in [2.75, 3.05) is 6.61 Å². The summed E-state index contributed by atoms with van der Waals surface area (Å²) in [5, 5.41) is 27.7. The van der Waals surface area contributed by atoms with Crippen LogP contribution in [0.2, 0.25) is 0 Å². The Labute approximate surface area is 103 Å². The van der Waals surface area contributed by atoms with Crippen molar-refractivity contribution in [3.8, 4) is 11.3 Å². The van der Waals surface area contributed by atoms with E-state index in [9.17, 15) is 10.1 Å². The normalized spacial score (nSPS) is 10.3. The number of rotatable bonds is 4. The van der Waals surface area contributed by atoms with Crippen LogP contribution >= 0.6 is 0 Å². The van der Waals surface area contributed by atoms with Crippen molar-refractivity contribution in [3.05, 3.63) is 52.2 Å². The molecule has 6 nitrogen and oxygen atoms in total. The standard InChI is InChI=1S/C12H11N3O3/c16-8-6-9-5-7-13-14-12(9)10-3-1-2-4-11(10)15(17)18/h1-5,7,16H,6,8H2. The van der Waals surface area contributed by atoms with Gasteiger partial charge in [-0.05, 0) is 24.1 Å². The second-order valence-corrected chi connectivity index (χ2v) is 3.65. The maximum absolute atomic E-state index is 11.0. The summed E-state index contributed by atoms with van der Waals surface area (Å²) < 4.78 is 0. The summed E-state index contributed by atoms with van der Waals surface area (Å²) in [7, 11) is 0. The third-order valence-electron chi connectivity index (χ3n) is 2.54. The zero-order chi connectivity index (χ0) is 13.0. The van der Waals surface area contributed by atoms with E-state index in [2.05, 4.69) is 10.2 Å². The van der Waals surface area contributed by atoms with Gasteiger partial charge in [0.2, 0.25) is 0 Å². The molecule has 0 aliphatic carbocycles. The van der Waals surface area contributed by atoms with Gasteiger partial charge in [-0.15, -0.1) is 5.10 Å². The molecule has 2 aromatic rings. The Bertz CT molecular complexity index is 572. The van der Waals surface area contributed by atoms with Gasteiger partial charge in [-0.25, -0.2) is 0 Å². The molecule has 1 aromatic heterocycles. The summed E-state index contributed by atoms with van der Waals surface area (Å²) in [6.07, 6.45) is 1.89. The molecular formula is C12H11N3O3. The number of aromatic nitrogens is 2. The van der Waals surface area contributed by atoms with E-state index in [1.807, 2.05) is 0 Å². The lowest BCUT2D eigenvalue weighted by molar-refractivity contribution is -0.384. The number of aliphatic hydroxyl groups excluding tert-OH is 1. The third-order valence-corrected chi connectivity index (χ3v) is 2.54. The van der Waals surface area contributed by atoms with Gasteiger partial charge in [0.1, 0.15) is 5.69 Å². The molecule has 0 aliphatic heterocycles. The Hall–Kier alpha value is -2.34. The average Bonchev–Trinajstić information content (AvgIpc) is 2.40. The van der Waals surface area contributed by atoms with Gasteiger partial charge in [0.05, 0.1) is 10.5 Å². The van der Waals surface area contributed by atoms with E-state index < -0.39 is 4.92 Å². The first-order valence-corrected chi connectivity index (χ1v) is 5.39. The first-order chi connectivity index (χ1) is 8.74. The Morgan fingerprint density at radius 2 is 2.06 bits per heavy atom. The first kappa shape index (κ1) is 12.1. The number of hydrogen-bond acceptors (Lipinski definition) is 5. The van der Waals surface area contributed by atoms with Crippen LogP contribution in [0.4, 0.5) is 5.69 Å². The van der Waals surface area contributed by atoms with E-state index in [1.165, 1.54) is 12.3 Å². The van der Waals surface area contributed by atoms with E-state index >= 15 is 0 Å².